The van der Waals surface area contributed by atoms with Crippen LogP contribution in [0.1, 0.15) is 58.3 Å². The average molecular weight is 310 g/mol. The molecule has 0 saturated heterocycles. The van der Waals surface area contributed by atoms with Crippen LogP contribution in [0.25, 0.3) is 0 Å². The van der Waals surface area contributed by atoms with Gasteiger partial charge in [0.1, 0.15) is 5.75 Å². The van der Waals surface area contributed by atoms with E-state index in [2.05, 4.69) is 6.92 Å². The molecule has 0 aromatic heterocycles. The third-order valence-electron chi connectivity index (χ3n) is 4.51. The van der Waals surface area contributed by atoms with Gasteiger partial charge in [0, 0.05) is 6.07 Å². The highest BCUT2D eigenvalue weighted by Crippen LogP contribution is 2.33. The first-order valence-corrected chi connectivity index (χ1v) is 8.27. The van der Waals surface area contributed by atoms with Crippen LogP contribution in [0.3, 0.4) is 0 Å². The Kier molecular flexibility index (Phi) is 6.34. The lowest BCUT2D eigenvalue weighted by atomic mass is 9.80. The van der Waals surface area contributed by atoms with Gasteiger partial charge < -0.3 is 4.74 Å². The van der Waals surface area contributed by atoms with Crippen LogP contribution in [-0.4, -0.2) is 5.97 Å². The van der Waals surface area contributed by atoms with Crippen LogP contribution in [0.2, 0.25) is 0 Å². The van der Waals surface area contributed by atoms with E-state index in [4.69, 9.17) is 4.74 Å². The molecule has 2 nitrogen and oxygen atoms in total. The number of hydrogen-bond donors (Lipinski definition) is 0. The maximum atomic E-state index is 13.1. The summed E-state index contributed by atoms with van der Waals surface area (Å²) in [6, 6.07) is 3.18. The molecule has 22 heavy (non-hydrogen) atoms. The Bertz CT molecular complexity index is 494. The van der Waals surface area contributed by atoms with Crippen molar-refractivity contribution in [2.24, 2.45) is 11.8 Å². The van der Waals surface area contributed by atoms with E-state index in [1.165, 1.54) is 31.7 Å². The number of esters is 1. The molecule has 1 aromatic rings. The molecule has 0 N–H and O–H groups in total. The predicted molar refractivity (Wildman–Crippen MR) is 81.6 cm³/mol. The van der Waals surface area contributed by atoms with Gasteiger partial charge in [-0.2, -0.15) is 0 Å². The fraction of sp³-hybridized carbons (Fsp3) is 0.611. The van der Waals surface area contributed by atoms with Gasteiger partial charge in [-0.3, -0.25) is 4.79 Å². The summed E-state index contributed by atoms with van der Waals surface area (Å²) < 4.78 is 31.1. The molecular formula is C18H24F2O2. The number of carbonyl (C=O) groups excluding carboxylic acids is 1. The van der Waals surface area contributed by atoms with Gasteiger partial charge in [-0.1, -0.05) is 32.6 Å². The molecule has 1 saturated carbocycles. The third-order valence-corrected chi connectivity index (χ3v) is 4.51. The van der Waals surface area contributed by atoms with E-state index in [-0.39, 0.29) is 17.6 Å². The van der Waals surface area contributed by atoms with Crippen molar-refractivity contribution >= 4 is 5.97 Å². The molecule has 0 spiro atoms. The molecular weight excluding hydrogens is 286 g/mol. The van der Waals surface area contributed by atoms with E-state index >= 15 is 0 Å². The maximum absolute atomic E-state index is 13.1. The quantitative estimate of drug-likeness (QED) is 0.407. The molecule has 1 aromatic carbocycles. The highest BCUT2D eigenvalue weighted by Gasteiger charge is 2.27. The Morgan fingerprint density at radius 2 is 1.86 bits per heavy atom. The monoisotopic (exact) mass is 310 g/mol. The minimum Gasteiger partial charge on any atom is -0.426 e. The van der Waals surface area contributed by atoms with Crippen molar-refractivity contribution in [3.63, 3.8) is 0 Å². The van der Waals surface area contributed by atoms with Gasteiger partial charge in [0.05, 0.1) is 5.92 Å². The first kappa shape index (κ1) is 16.9. The molecule has 0 unspecified atom stereocenters. The Balaban J connectivity index is 1.78. The zero-order chi connectivity index (χ0) is 15.9. The van der Waals surface area contributed by atoms with Crippen molar-refractivity contribution in [1.29, 1.82) is 0 Å². The van der Waals surface area contributed by atoms with Crippen molar-refractivity contribution in [3.05, 3.63) is 29.8 Å². The molecule has 122 valence electrons. The Labute approximate surface area is 130 Å². The van der Waals surface area contributed by atoms with Crippen molar-refractivity contribution in [1.82, 2.24) is 0 Å². The average Bonchev–Trinajstić information content (AvgIpc) is 2.52. The maximum Gasteiger partial charge on any atom is 0.314 e. The molecule has 1 aliphatic carbocycles. The normalized spacial score (nSPS) is 21.6. The van der Waals surface area contributed by atoms with E-state index in [1.54, 1.807) is 0 Å². The van der Waals surface area contributed by atoms with Gasteiger partial charge >= 0.3 is 5.97 Å². The zero-order valence-corrected chi connectivity index (χ0v) is 13.1. The number of hydrogen-bond acceptors (Lipinski definition) is 2. The molecule has 0 bridgehead atoms. The largest absolute Gasteiger partial charge is 0.426 e. The minimum absolute atomic E-state index is 0.0777. The molecule has 0 aliphatic heterocycles. The standard InChI is InChI=1S/C18H24F2O2/c1-2-3-4-5-13-6-8-14(9-7-13)18(21)22-15-10-11-16(19)17(20)12-15/h10-14H,2-9H2,1H3/t13-,14+. The van der Waals surface area contributed by atoms with Crippen molar-refractivity contribution in [2.45, 2.75) is 58.3 Å². The zero-order valence-electron chi connectivity index (χ0n) is 13.1. The van der Waals surface area contributed by atoms with Crippen LogP contribution >= 0.6 is 0 Å². The summed E-state index contributed by atoms with van der Waals surface area (Å²) in [4.78, 5) is 12.1. The Morgan fingerprint density at radius 3 is 2.50 bits per heavy atom. The van der Waals surface area contributed by atoms with E-state index < -0.39 is 11.6 Å². The van der Waals surface area contributed by atoms with Crippen LogP contribution in [0.4, 0.5) is 8.78 Å². The van der Waals surface area contributed by atoms with Gasteiger partial charge in [-0.05, 0) is 43.7 Å². The predicted octanol–water partition coefficient (Wildman–Crippen LogP) is 5.26. The molecule has 4 heteroatoms. The summed E-state index contributed by atoms with van der Waals surface area (Å²) in [5.74, 6) is -1.57. The number of benzene rings is 1. The summed E-state index contributed by atoms with van der Waals surface area (Å²) in [6.45, 7) is 2.20. The molecule has 0 radical (unpaired) electrons. The Morgan fingerprint density at radius 1 is 1.14 bits per heavy atom. The second-order valence-corrected chi connectivity index (χ2v) is 6.21. The van der Waals surface area contributed by atoms with E-state index in [1.807, 2.05) is 0 Å². The molecule has 1 aliphatic rings. The first-order valence-electron chi connectivity index (χ1n) is 8.27. The first-order chi connectivity index (χ1) is 10.6. The number of rotatable bonds is 6. The second kappa shape index (κ2) is 8.25. The van der Waals surface area contributed by atoms with Crippen LogP contribution in [0.15, 0.2) is 18.2 Å². The SMILES string of the molecule is CCCCC[C@H]1CC[C@@H](C(=O)Oc2ccc(F)c(F)c2)CC1. The highest BCUT2D eigenvalue weighted by atomic mass is 19.2. The topological polar surface area (TPSA) is 26.3 Å². The molecule has 1 fully saturated rings. The number of ether oxygens (including phenoxy) is 1. The fourth-order valence-electron chi connectivity index (χ4n) is 3.11. The van der Waals surface area contributed by atoms with Gasteiger partial charge in [0.2, 0.25) is 0 Å². The summed E-state index contributed by atoms with van der Waals surface area (Å²) in [5, 5.41) is 0. The lowest BCUT2D eigenvalue weighted by Crippen LogP contribution is -2.25. The van der Waals surface area contributed by atoms with Gasteiger partial charge in [0.25, 0.3) is 0 Å². The molecule has 0 amide bonds. The second-order valence-electron chi connectivity index (χ2n) is 6.21. The van der Waals surface area contributed by atoms with Crippen LogP contribution in [0.5, 0.6) is 5.75 Å². The van der Waals surface area contributed by atoms with Crippen LogP contribution < -0.4 is 4.74 Å². The molecule has 0 heterocycles. The van der Waals surface area contributed by atoms with Crippen molar-refractivity contribution in [2.75, 3.05) is 0 Å². The summed E-state index contributed by atoms with van der Waals surface area (Å²) >= 11 is 0. The number of carbonyl (C=O) groups is 1. The highest BCUT2D eigenvalue weighted by molar-refractivity contribution is 5.75. The number of unbranched alkanes of at least 4 members (excludes halogenated alkanes) is 2. The minimum atomic E-state index is -0.995. The third kappa shape index (κ3) is 4.79. The van der Waals surface area contributed by atoms with E-state index in [0.29, 0.717) is 0 Å². The molecule has 0 atom stereocenters. The van der Waals surface area contributed by atoms with Gasteiger partial charge in [-0.15, -0.1) is 0 Å². The van der Waals surface area contributed by atoms with Crippen LogP contribution in [-0.2, 0) is 4.79 Å². The smallest absolute Gasteiger partial charge is 0.314 e. The summed E-state index contributed by atoms with van der Waals surface area (Å²) in [7, 11) is 0. The van der Waals surface area contributed by atoms with Crippen LogP contribution in [0, 0.1) is 23.5 Å². The van der Waals surface area contributed by atoms with Gasteiger partial charge in [0.15, 0.2) is 11.6 Å². The van der Waals surface area contributed by atoms with Crippen molar-refractivity contribution < 1.29 is 18.3 Å². The summed E-state index contributed by atoms with van der Waals surface area (Å²) in [6.07, 6.45) is 8.80. The lowest BCUT2D eigenvalue weighted by Gasteiger charge is -2.27. The van der Waals surface area contributed by atoms with Gasteiger partial charge in [-0.25, -0.2) is 8.78 Å². The van der Waals surface area contributed by atoms with E-state index in [9.17, 15) is 13.6 Å². The summed E-state index contributed by atoms with van der Waals surface area (Å²) in [5.41, 5.74) is 0. The number of halogens is 2. The van der Waals surface area contributed by atoms with E-state index in [0.717, 1.165) is 43.7 Å². The lowest BCUT2D eigenvalue weighted by molar-refractivity contribution is -0.140. The van der Waals surface area contributed by atoms with Crippen molar-refractivity contribution in [3.8, 4) is 5.75 Å². The Hall–Kier alpha value is -1.45. The fourth-order valence-corrected chi connectivity index (χ4v) is 3.11. The molecule has 2 rings (SSSR count).